The Morgan fingerprint density at radius 3 is 2.50 bits per heavy atom. The van der Waals surface area contributed by atoms with E-state index in [4.69, 9.17) is 14.5 Å². The molecule has 4 aromatic rings. The lowest BCUT2D eigenvalue weighted by Gasteiger charge is -2.25. The molecule has 0 amide bonds. The smallest absolute Gasteiger partial charge is 0.417 e. The zero-order chi connectivity index (χ0) is 25.3. The van der Waals surface area contributed by atoms with E-state index in [1.165, 1.54) is 11.6 Å². The van der Waals surface area contributed by atoms with Crippen molar-refractivity contribution >= 4 is 17.0 Å². The van der Waals surface area contributed by atoms with Gasteiger partial charge >= 0.3 is 6.18 Å². The van der Waals surface area contributed by atoms with Gasteiger partial charge in [-0.3, -0.25) is 0 Å². The maximum atomic E-state index is 12.7. The van der Waals surface area contributed by atoms with Crippen LogP contribution in [0.2, 0.25) is 0 Å². The van der Waals surface area contributed by atoms with Crippen molar-refractivity contribution < 1.29 is 22.6 Å². The third-order valence-corrected chi connectivity index (χ3v) is 6.46. The van der Waals surface area contributed by atoms with Crippen molar-refractivity contribution in [1.29, 1.82) is 0 Å². The van der Waals surface area contributed by atoms with E-state index in [0.29, 0.717) is 11.7 Å². The van der Waals surface area contributed by atoms with Gasteiger partial charge in [-0.2, -0.15) is 13.2 Å². The summed E-state index contributed by atoms with van der Waals surface area (Å²) >= 11 is 0. The second kappa shape index (κ2) is 9.81. The summed E-state index contributed by atoms with van der Waals surface area (Å²) in [7, 11) is 2.01. The number of alkyl halides is 3. The summed E-state index contributed by atoms with van der Waals surface area (Å²) in [5, 5.41) is 3.55. The number of ether oxygens (including phenoxy) is 2. The standard InChI is InChI=1S/C27H27F3N4O2/c1-3-22(19-5-8-21(9-6-19)36-25-11-7-20(14-31-25)27(28,29)30)32-26-33-23-10-4-17(12-18-15-35-16-18)13-24(23)34(26)2/h4-11,13-14,18,22H,3,12,15-16H2,1-2H3,(H,32,33). The van der Waals surface area contributed by atoms with Crippen molar-refractivity contribution in [2.75, 3.05) is 18.5 Å². The molecule has 0 aliphatic carbocycles. The van der Waals surface area contributed by atoms with Gasteiger partial charge in [0.1, 0.15) is 5.75 Å². The van der Waals surface area contributed by atoms with E-state index in [2.05, 4.69) is 40.0 Å². The molecular formula is C27H27F3N4O2. The molecule has 1 N–H and O–H groups in total. The summed E-state index contributed by atoms with van der Waals surface area (Å²) < 4.78 is 51.2. The van der Waals surface area contributed by atoms with Gasteiger partial charge in [0.25, 0.3) is 0 Å². The van der Waals surface area contributed by atoms with E-state index in [-0.39, 0.29) is 11.9 Å². The first-order valence-corrected chi connectivity index (χ1v) is 11.9. The molecule has 1 unspecified atom stereocenters. The van der Waals surface area contributed by atoms with Gasteiger partial charge < -0.3 is 19.4 Å². The number of anilines is 1. The van der Waals surface area contributed by atoms with Gasteiger partial charge in [0.15, 0.2) is 0 Å². The van der Waals surface area contributed by atoms with Gasteiger partial charge in [0.05, 0.1) is 35.9 Å². The number of hydrogen-bond donors (Lipinski definition) is 1. The fraction of sp³-hybridized carbons (Fsp3) is 0.333. The largest absolute Gasteiger partial charge is 0.439 e. The molecule has 1 saturated heterocycles. The third-order valence-electron chi connectivity index (χ3n) is 6.46. The van der Waals surface area contributed by atoms with Crippen LogP contribution < -0.4 is 10.1 Å². The SMILES string of the molecule is CCC(Nc1nc2ccc(CC3COC3)cc2n1C)c1ccc(Oc2ccc(C(F)(F)F)cn2)cc1. The molecular weight excluding hydrogens is 469 g/mol. The van der Waals surface area contributed by atoms with Crippen molar-refractivity contribution in [3.8, 4) is 11.6 Å². The lowest BCUT2D eigenvalue weighted by molar-refractivity contribution is -0.137. The lowest BCUT2D eigenvalue weighted by atomic mass is 9.98. The van der Waals surface area contributed by atoms with Crippen molar-refractivity contribution in [3.63, 3.8) is 0 Å². The second-order valence-corrected chi connectivity index (χ2v) is 9.08. The van der Waals surface area contributed by atoms with Gasteiger partial charge in [-0.25, -0.2) is 9.97 Å². The van der Waals surface area contributed by atoms with Crippen LogP contribution in [0.1, 0.15) is 36.1 Å². The number of benzene rings is 2. The molecule has 0 radical (unpaired) electrons. The Kier molecular flexibility index (Phi) is 6.57. The van der Waals surface area contributed by atoms with Crippen LogP contribution in [-0.2, 0) is 24.4 Å². The predicted molar refractivity (Wildman–Crippen MR) is 131 cm³/mol. The van der Waals surface area contributed by atoms with Gasteiger partial charge in [0.2, 0.25) is 11.8 Å². The Morgan fingerprint density at radius 2 is 1.89 bits per heavy atom. The van der Waals surface area contributed by atoms with Crippen LogP contribution in [0.3, 0.4) is 0 Å². The number of nitrogens with zero attached hydrogens (tertiary/aromatic N) is 3. The van der Waals surface area contributed by atoms with Crippen LogP contribution in [0.4, 0.5) is 19.1 Å². The summed E-state index contributed by atoms with van der Waals surface area (Å²) in [5.41, 5.74) is 3.54. The van der Waals surface area contributed by atoms with Crippen LogP contribution in [-0.4, -0.2) is 27.7 Å². The van der Waals surface area contributed by atoms with Gasteiger partial charge in [-0.15, -0.1) is 0 Å². The zero-order valence-corrected chi connectivity index (χ0v) is 20.0. The zero-order valence-electron chi connectivity index (χ0n) is 20.0. The van der Waals surface area contributed by atoms with Gasteiger partial charge in [0, 0.05) is 25.2 Å². The number of imidazole rings is 1. The van der Waals surface area contributed by atoms with E-state index in [1.807, 2.05) is 19.2 Å². The Morgan fingerprint density at radius 1 is 1.11 bits per heavy atom. The van der Waals surface area contributed by atoms with E-state index in [0.717, 1.165) is 60.9 Å². The highest BCUT2D eigenvalue weighted by Crippen LogP contribution is 2.31. The minimum atomic E-state index is -4.43. The molecule has 36 heavy (non-hydrogen) atoms. The number of rotatable bonds is 8. The predicted octanol–water partition coefficient (Wildman–Crippen LogP) is 6.53. The first-order chi connectivity index (χ1) is 17.3. The molecule has 3 heterocycles. The number of hydrogen-bond acceptors (Lipinski definition) is 5. The Hall–Kier alpha value is -3.59. The number of aromatic nitrogens is 3. The molecule has 9 heteroatoms. The molecule has 1 aliphatic rings. The van der Waals surface area contributed by atoms with Crippen molar-refractivity contribution in [2.45, 2.75) is 32.0 Å². The molecule has 0 spiro atoms. The van der Waals surface area contributed by atoms with Crippen LogP contribution in [0.5, 0.6) is 11.6 Å². The van der Waals surface area contributed by atoms with Crippen molar-refractivity contribution in [3.05, 3.63) is 77.5 Å². The molecule has 6 nitrogen and oxygen atoms in total. The Balaban J connectivity index is 1.27. The molecule has 0 bridgehead atoms. The Bertz CT molecular complexity index is 1330. The summed E-state index contributed by atoms with van der Waals surface area (Å²) in [5.74, 6) is 1.98. The molecule has 2 aromatic carbocycles. The fourth-order valence-corrected chi connectivity index (χ4v) is 4.30. The summed E-state index contributed by atoms with van der Waals surface area (Å²) in [6, 6.07) is 16.0. The molecule has 188 valence electrons. The quantitative estimate of drug-likeness (QED) is 0.301. The second-order valence-electron chi connectivity index (χ2n) is 9.08. The van der Waals surface area contributed by atoms with E-state index >= 15 is 0 Å². The number of fused-ring (bicyclic) bond motifs is 1. The molecule has 1 atom stereocenters. The summed E-state index contributed by atoms with van der Waals surface area (Å²) in [4.78, 5) is 8.55. The fourth-order valence-electron chi connectivity index (χ4n) is 4.30. The third kappa shape index (κ3) is 5.16. The van der Waals surface area contributed by atoms with E-state index in [1.54, 1.807) is 12.1 Å². The highest BCUT2D eigenvalue weighted by Gasteiger charge is 2.30. The first-order valence-electron chi connectivity index (χ1n) is 11.9. The number of pyridine rings is 1. The average Bonchev–Trinajstić information content (AvgIpc) is 3.15. The van der Waals surface area contributed by atoms with E-state index in [9.17, 15) is 13.2 Å². The average molecular weight is 497 g/mol. The minimum Gasteiger partial charge on any atom is -0.439 e. The maximum absolute atomic E-state index is 12.7. The summed E-state index contributed by atoms with van der Waals surface area (Å²) in [6.45, 7) is 3.76. The first kappa shape index (κ1) is 24.1. The van der Waals surface area contributed by atoms with E-state index < -0.39 is 11.7 Å². The number of nitrogens with one attached hydrogen (secondary N) is 1. The van der Waals surface area contributed by atoms with Gasteiger partial charge in [-0.1, -0.05) is 25.1 Å². The van der Waals surface area contributed by atoms with Crippen LogP contribution >= 0.6 is 0 Å². The molecule has 1 fully saturated rings. The summed E-state index contributed by atoms with van der Waals surface area (Å²) in [6.07, 6.45) is -1.82. The maximum Gasteiger partial charge on any atom is 0.417 e. The van der Waals surface area contributed by atoms with Gasteiger partial charge in [-0.05, 0) is 54.3 Å². The minimum absolute atomic E-state index is 0.0188. The van der Waals surface area contributed by atoms with Crippen LogP contribution in [0, 0.1) is 5.92 Å². The van der Waals surface area contributed by atoms with Crippen LogP contribution in [0.25, 0.3) is 11.0 Å². The van der Waals surface area contributed by atoms with Crippen LogP contribution in [0.15, 0.2) is 60.8 Å². The monoisotopic (exact) mass is 496 g/mol. The molecule has 2 aromatic heterocycles. The van der Waals surface area contributed by atoms with Crippen molar-refractivity contribution in [1.82, 2.24) is 14.5 Å². The molecule has 0 saturated carbocycles. The highest BCUT2D eigenvalue weighted by molar-refractivity contribution is 5.79. The topological polar surface area (TPSA) is 61.2 Å². The number of halogens is 3. The molecule has 5 rings (SSSR count). The highest BCUT2D eigenvalue weighted by atomic mass is 19.4. The molecule has 1 aliphatic heterocycles. The number of aryl methyl sites for hydroxylation is 1. The lowest BCUT2D eigenvalue weighted by Crippen LogP contribution is -2.29. The Labute approximate surface area is 207 Å². The van der Waals surface area contributed by atoms with Crippen molar-refractivity contribution in [2.24, 2.45) is 13.0 Å². The normalized spacial score (nSPS) is 15.0.